The Hall–Kier alpha value is -1.04. The van der Waals surface area contributed by atoms with Gasteiger partial charge in [0.1, 0.15) is 21.6 Å². The predicted octanol–water partition coefficient (Wildman–Crippen LogP) is 5.99. The molecule has 3 heteroatoms. The second kappa shape index (κ2) is 8.11. The highest BCUT2D eigenvalue weighted by Crippen LogP contribution is 2.41. The predicted molar refractivity (Wildman–Crippen MR) is 116 cm³/mol. The van der Waals surface area contributed by atoms with Crippen molar-refractivity contribution in [1.29, 1.82) is 0 Å². The lowest BCUT2D eigenvalue weighted by Gasteiger charge is -2.38. The standard InChI is InChI=1S/C22H36OSi2/c1-18(2)25(19(3)4,20(5)6)17-15-22(14-16-24(7,8)9)12-10-21(23)11-13-22/h10,12,18-20H,11,13H2,1-9H3. The average Bonchev–Trinajstić information content (AvgIpc) is 2.46. The average molecular weight is 373 g/mol. The minimum absolute atomic E-state index is 0.201. The van der Waals surface area contributed by atoms with Crippen molar-refractivity contribution >= 4 is 21.9 Å². The summed E-state index contributed by atoms with van der Waals surface area (Å²) in [5.41, 5.74) is 8.74. The van der Waals surface area contributed by atoms with Gasteiger partial charge in [-0.2, -0.15) is 0 Å². The van der Waals surface area contributed by atoms with E-state index in [0.29, 0.717) is 23.0 Å². The van der Waals surface area contributed by atoms with Crippen molar-refractivity contribution in [2.45, 2.75) is 90.6 Å². The zero-order chi connectivity index (χ0) is 19.5. The fourth-order valence-corrected chi connectivity index (χ4v) is 9.82. The number of allylic oxidation sites excluding steroid dienone is 2. The molecule has 0 heterocycles. The molecule has 0 spiro atoms. The fraction of sp³-hybridized carbons (Fsp3) is 0.682. The van der Waals surface area contributed by atoms with Gasteiger partial charge in [-0.05, 0) is 29.1 Å². The molecule has 0 bridgehead atoms. The molecule has 0 saturated heterocycles. The van der Waals surface area contributed by atoms with Crippen molar-refractivity contribution < 1.29 is 4.79 Å². The van der Waals surface area contributed by atoms with Crippen LogP contribution in [0.25, 0.3) is 0 Å². The fourth-order valence-electron chi connectivity index (χ4n) is 3.91. The normalized spacial score (nSPS) is 21.2. The quantitative estimate of drug-likeness (QED) is 0.439. The van der Waals surface area contributed by atoms with Gasteiger partial charge in [0.15, 0.2) is 5.78 Å². The van der Waals surface area contributed by atoms with E-state index in [9.17, 15) is 4.79 Å². The third-order valence-corrected chi connectivity index (χ3v) is 12.5. The van der Waals surface area contributed by atoms with Crippen LogP contribution in [-0.4, -0.2) is 21.9 Å². The molecular weight excluding hydrogens is 336 g/mol. The zero-order valence-corrected chi connectivity index (χ0v) is 19.7. The topological polar surface area (TPSA) is 17.1 Å². The molecule has 0 amide bonds. The number of carbonyl (C=O) groups excluding carboxylic acids is 1. The lowest BCUT2D eigenvalue weighted by molar-refractivity contribution is -0.115. The molecule has 0 aliphatic heterocycles. The molecule has 1 aliphatic rings. The van der Waals surface area contributed by atoms with Crippen LogP contribution in [0.2, 0.25) is 36.3 Å². The SMILES string of the molecule is CC(C)[Si](C#CC1(C#C[Si](C)(C)C)C=CC(=O)CC1)(C(C)C)C(C)C. The van der Waals surface area contributed by atoms with Crippen LogP contribution in [0.15, 0.2) is 12.2 Å². The summed E-state index contributed by atoms with van der Waals surface area (Å²) in [6.07, 6.45) is 5.00. The summed E-state index contributed by atoms with van der Waals surface area (Å²) in [6, 6.07) is 0. The van der Waals surface area contributed by atoms with Crippen LogP contribution >= 0.6 is 0 Å². The van der Waals surface area contributed by atoms with E-state index in [1.807, 2.05) is 6.08 Å². The van der Waals surface area contributed by atoms with Gasteiger partial charge in [0.25, 0.3) is 0 Å². The molecule has 0 saturated carbocycles. The van der Waals surface area contributed by atoms with E-state index in [2.05, 4.69) is 84.1 Å². The second-order valence-electron chi connectivity index (χ2n) is 9.42. The largest absolute Gasteiger partial charge is 0.295 e. The van der Waals surface area contributed by atoms with Crippen LogP contribution in [0.3, 0.4) is 0 Å². The molecule has 1 nitrogen and oxygen atoms in total. The first-order valence-corrected chi connectivity index (χ1v) is 15.4. The molecule has 1 rings (SSSR count). The van der Waals surface area contributed by atoms with E-state index >= 15 is 0 Å². The Morgan fingerprint density at radius 3 is 1.76 bits per heavy atom. The lowest BCUT2D eigenvalue weighted by atomic mass is 9.80. The zero-order valence-electron chi connectivity index (χ0n) is 17.7. The van der Waals surface area contributed by atoms with E-state index in [0.717, 1.165) is 6.42 Å². The minimum atomic E-state index is -1.79. The number of carbonyl (C=O) groups is 1. The monoisotopic (exact) mass is 372 g/mol. The maximum Gasteiger partial charge on any atom is 0.155 e. The first kappa shape index (κ1) is 22.0. The highest BCUT2D eigenvalue weighted by Gasteiger charge is 2.42. The van der Waals surface area contributed by atoms with E-state index in [1.54, 1.807) is 6.08 Å². The summed E-state index contributed by atoms with van der Waals surface area (Å²) in [6.45, 7) is 20.8. The smallest absolute Gasteiger partial charge is 0.155 e. The van der Waals surface area contributed by atoms with Crippen molar-refractivity contribution in [2.75, 3.05) is 0 Å². The van der Waals surface area contributed by atoms with Crippen LogP contribution in [0, 0.1) is 28.3 Å². The number of hydrogen-bond acceptors (Lipinski definition) is 1. The lowest BCUT2D eigenvalue weighted by Crippen LogP contribution is -2.43. The van der Waals surface area contributed by atoms with Crippen LogP contribution in [0.5, 0.6) is 0 Å². The van der Waals surface area contributed by atoms with Crippen molar-refractivity contribution in [2.24, 2.45) is 5.41 Å². The highest BCUT2D eigenvalue weighted by molar-refractivity contribution is 6.90. The van der Waals surface area contributed by atoms with E-state index in [1.165, 1.54) is 0 Å². The van der Waals surface area contributed by atoms with Gasteiger partial charge in [0.05, 0.1) is 0 Å². The van der Waals surface area contributed by atoms with Gasteiger partial charge in [0.2, 0.25) is 0 Å². The Bertz CT molecular complexity index is 620. The van der Waals surface area contributed by atoms with Gasteiger partial charge < -0.3 is 0 Å². The molecule has 0 aromatic rings. The van der Waals surface area contributed by atoms with Gasteiger partial charge >= 0.3 is 0 Å². The van der Waals surface area contributed by atoms with Gasteiger partial charge in [0, 0.05) is 6.42 Å². The van der Waals surface area contributed by atoms with Crippen LogP contribution < -0.4 is 0 Å². The maximum absolute atomic E-state index is 11.7. The Kier molecular flexibility index (Phi) is 7.14. The van der Waals surface area contributed by atoms with Gasteiger partial charge in [-0.15, -0.1) is 11.1 Å². The molecule has 0 aromatic carbocycles. The third kappa shape index (κ3) is 5.47. The van der Waals surface area contributed by atoms with Crippen LogP contribution in [0.1, 0.15) is 54.4 Å². The molecular formula is C22H36OSi2. The summed E-state index contributed by atoms with van der Waals surface area (Å²) < 4.78 is 0. The second-order valence-corrected chi connectivity index (χ2v) is 19.7. The summed E-state index contributed by atoms with van der Waals surface area (Å²) in [5, 5.41) is 0. The third-order valence-electron chi connectivity index (χ3n) is 5.35. The number of hydrogen-bond donors (Lipinski definition) is 0. The Balaban J connectivity index is 3.49. The maximum atomic E-state index is 11.7. The Labute approximate surface area is 158 Å². The van der Waals surface area contributed by atoms with E-state index in [4.69, 9.17) is 0 Å². The Morgan fingerprint density at radius 1 is 0.920 bits per heavy atom. The van der Waals surface area contributed by atoms with Crippen molar-refractivity contribution in [3.63, 3.8) is 0 Å². The molecule has 1 aliphatic carbocycles. The van der Waals surface area contributed by atoms with Crippen molar-refractivity contribution in [1.82, 2.24) is 0 Å². The molecule has 25 heavy (non-hydrogen) atoms. The summed E-state index contributed by atoms with van der Waals surface area (Å²) >= 11 is 0. The highest BCUT2D eigenvalue weighted by atomic mass is 28.3. The Morgan fingerprint density at radius 2 is 1.40 bits per heavy atom. The minimum Gasteiger partial charge on any atom is -0.295 e. The van der Waals surface area contributed by atoms with Crippen molar-refractivity contribution in [3.8, 4) is 22.9 Å². The molecule has 0 N–H and O–H groups in total. The molecule has 1 unspecified atom stereocenters. The molecule has 0 radical (unpaired) electrons. The molecule has 1 atom stereocenters. The first-order valence-electron chi connectivity index (χ1n) is 9.65. The van der Waals surface area contributed by atoms with Gasteiger partial charge in [-0.1, -0.05) is 79.1 Å². The summed E-state index contributed by atoms with van der Waals surface area (Å²) in [5.74, 6) is 7.34. The first-order chi connectivity index (χ1) is 11.3. The van der Waals surface area contributed by atoms with Gasteiger partial charge in [-0.3, -0.25) is 4.79 Å². The molecule has 0 aromatic heterocycles. The number of ketones is 1. The number of rotatable bonds is 3. The van der Waals surface area contributed by atoms with Crippen LogP contribution in [0.4, 0.5) is 0 Å². The molecule has 0 fully saturated rings. The van der Waals surface area contributed by atoms with E-state index < -0.39 is 21.6 Å². The van der Waals surface area contributed by atoms with Crippen LogP contribution in [-0.2, 0) is 4.79 Å². The van der Waals surface area contributed by atoms with Crippen molar-refractivity contribution in [3.05, 3.63) is 12.2 Å². The molecule has 138 valence electrons. The van der Waals surface area contributed by atoms with Gasteiger partial charge in [-0.25, -0.2) is 0 Å². The summed E-state index contributed by atoms with van der Waals surface area (Å²) in [7, 11) is -3.27. The summed E-state index contributed by atoms with van der Waals surface area (Å²) in [4.78, 5) is 11.7. The van der Waals surface area contributed by atoms with E-state index in [-0.39, 0.29) is 5.78 Å².